The number of aromatic nitrogens is 2. The Morgan fingerprint density at radius 2 is 1.95 bits per heavy atom. The van der Waals surface area contributed by atoms with Gasteiger partial charge in [-0.2, -0.15) is 0 Å². The van der Waals surface area contributed by atoms with Crippen molar-refractivity contribution >= 4 is 32.2 Å². The Labute approximate surface area is 124 Å². The molecule has 0 unspecified atom stereocenters. The van der Waals surface area contributed by atoms with Crippen LogP contribution in [0.4, 0.5) is 10.8 Å². The third-order valence-corrected chi connectivity index (χ3v) is 4.76. The smallest absolute Gasteiger partial charge is 0.269 e. The van der Waals surface area contributed by atoms with Crippen molar-refractivity contribution in [3.8, 4) is 0 Å². The highest BCUT2D eigenvalue weighted by atomic mass is 32.2. The number of nitro groups is 1. The molecule has 0 aliphatic heterocycles. The van der Waals surface area contributed by atoms with Crippen LogP contribution in [0.3, 0.4) is 0 Å². The average Bonchev–Trinajstić information content (AvgIpc) is 2.84. The molecule has 0 bridgehead atoms. The van der Waals surface area contributed by atoms with Gasteiger partial charge in [0.25, 0.3) is 5.69 Å². The molecule has 11 heteroatoms. The highest BCUT2D eigenvalue weighted by Crippen LogP contribution is 2.16. The van der Waals surface area contributed by atoms with Gasteiger partial charge in [0.05, 0.1) is 9.82 Å². The fourth-order valence-corrected chi connectivity index (χ4v) is 3.13. The van der Waals surface area contributed by atoms with E-state index in [0.29, 0.717) is 16.6 Å². The molecule has 0 saturated carbocycles. The van der Waals surface area contributed by atoms with Crippen molar-refractivity contribution in [3.63, 3.8) is 0 Å². The van der Waals surface area contributed by atoms with E-state index in [1.54, 1.807) is 0 Å². The second kappa shape index (κ2) is 6.11. The minimum absolute atomic E-state index is 0.0372. The molecule has 2 rings (SSSR count). The molecular formula is C10H11N5O4S2. The SMILES string of the molecule is Nc1nnc(CCNS(=O)(=O)c2ccc([N+](=O)[O-])cc2)s1. The topological polar surface area (TPSA) is 141 Å². The van der Waals surface area contributed by atoms with Crippen LogP contribution in [0.25, 0.3) is 0 Å². The van der Waals surface area contributed by atoms with Gasteiger partial charge in [-0.15, -0.1) is 10.2 Å². The quantitative estimate of drug-likeness (QED) is 0.582. The first-order valence-corrected chi connectivity index (χ1v) is 8.00. The number of nitrogens with one attached hydrogen (secondary N) is 1. The summed E-state index contributed by atoms with van der Waals surface area (Å²) in [7, 11) is -3.71. The number of nitrogen functional groups attached to an aromatic ring is 1. The molecule has 1 aromatic carbocycles. The number of sulfonamides is 1. The van der Waals surface area contributed by atoms with Crippen LogP contribution in [0.15, 0.2) is 29.2 Å². The summed E-state index contributed by atoms with van der Waals surface area (Å²) in [6.45, 7) is 0.133. The Bertz CT molecular complexity index is 741. The van der Waals surface area contributed by atoms with Gasteiger partial charge in [-0.3, -0.25) is 10.1 Å². The molecule has 0 fully saturated rings. The number of hydrogen-bond acceptors (Lipinski definition) is 8. The van der Waals surface area contributed by atoms with Gasteiger partial charge in [0.15, 0.2) is 0 Å². The van der Waals surface area contributed by atoms with Crippen molar-refractivity contribution in [2.45, 2.75) is 11.3 Å². The summed E-state index contributed by atoms with van der Waals surface area (Å²) in [5, 5.41) is 18.9. The van der Waals surface area contributed by atoms with Gasteiger partial charge in [0.2, 0.25) is 15.2 Å². The van der Waals surface area contributed by atoms with Crippen molar-refractivity contribution in [2.24, 2.45) is 0 Å². The molecule has 0 amide bonds. The Morgan fingerprint density at radius 1 is 1.29 bits per heavy atom. The number of nitrogens with two attached hydrogens (primary N) is 1. The third kappa shape index (κ3) is 3.93. The summed E-state index contributed by atoms with van der Waals surface area (Å²) in [6.07, 6.45) is 0.362. The van der Waals surface area contributed by atoms with Gasteiger partial charge < -0.3 is 5.73 Å². The molecule has 0 saturated heterocycles. The number of anilines is 1. The number of hydrogen-bond donors (Lipinski definition) is 2. The van der Waals surface area contributed by atoms with Gasteiger partial charge >= 0.3 is 0 Å². The average molecular weight is 329 g/mol. The lowest BCUT2D eigenvalue weighted by atomic mass is 10.3. The normalized spacial score (nSPS) is 11.4. The number of benzene rings is 1. The standard InChI is InChI=1S/C10H11N5O4S2/c11-10-14-13-9(20-10)5-6-12-21(18,19)8-3-1-7(2-4-8)15(16)17/h1-4,12H,5-6H2,(H2,11,14). The van der Waals surface area contributed by atoms with Crippen LogP contribution in [0.2, 0.25) is 0 Å². The van der Waals surface area contributed by atoms with Crippen LogP contribution in [-0.4, -0.2) is 30.1 Å². The van der Waals surface area contributed by atoms with Crippen molar-refractivity contribution < 1.29 is 13.3 Å². The Morgan fingerprint density at radius 3 is 2.48 bits per heavy atom. The molecule has 2 aromatic rings. The summed E-state index contributed by atoms with van der Waals surface area (Å²) < 4.78 is 26.3. The summed E-state index contributed by atoms with van der Waals surface area (Å²) >= 11 is 1.19. The van der Waals surface area contributed by atoms with Crippen LogP contribution >= 0.6 is 11.3 Å². The predicted molar refractivity (Wildman–Crippen MR) is 76.3 cm³/mol. The lowest BCUT2D eigenvalue weighted by Gasteiger charge is -2.05. The van der Waals surface area contributed by atoms with Crippen LogP contribution in [0.5, 0.6) is 0 Å². The molecule has 0 aliphatic carbocycles. The van der Waals surface area contributed by atoms with E-state index < -0.39 is 14.9 Å². The van der Waals surface area contributed by atoms with Crippen molar-refractivity contribution in [1.82, 2.24) is 14.9 Å². The molecular weight excluding hydrogens is 318 g/mol. The van der Waals surface area contributed by atoms with Crippen molar-refractivity contribution in [2.75, 3.05) is 12.3 Å². The van der Waals surface area contributed by atoms with E-state index in [1.807, 2.05) is 0 Å². The van der Waals surface area contributed by atoms with Gasteiger partial charge in [0.1, 0.15) is 5.01 Å². The second-order valence-corrected chi connectivity index (χ2v) is 6.79. The first-order valence-electron chi connectivity index (χ1n) is 5.70. The molecule has 1 heterocycles. The number of nitro benzene ring substituents is 1. The summed E-state index contributed by atoms with van der Waals surface area (Å²) in [4.78, 5) is 9.88. The van der Waals surface area contributed by atoms with Crippen LogP contribution in [-0.2, 0) is 16.4 Å². The number of non-ortho nitro benzene ring substituents is 1. The second-order valence-electron chi connectivity index (χ2n) is 3.93. The first kappa shape index (κ1) is 15.3. The summed E-state index contributed by atoms with van der Waals surface area (Å²) in [6, 6.07) is 4.65. The molecule has 0 atom stereocenters. The molecule has 0 radical (unpaired) electrons. The summed E-state index contributed by atoms with van der Waals surface area (Å²) in [5.74, 6) is 0. The Kier molecular flexibility index (Phi) is 4.45. The molecule has 0 spiro atoms. The van der Waals surface area contributed by atoms with Gasteiger partial charge in [-0.25, -0.2) is 13.1 Å². The molecule has 3 N–H and O–H groups in total. The lowest BCUT2D eigenvalue weighted by Crippen LogP contribution is -2.25. The van der Waals surface area contributed by atoms with Crippen molar-refractivity contribution in [3.05, 3.63) is 39.4 Å². The Hall–Kier alpha value is -2.11. The third-order valence-electron chi connectivity index (χ3n) is 2.47. The zero-order chi connectivity index (χ0) is 15.5. The molecule has 9 nitrogen and oxygen atoms in total. The molecule has 112 valence electrons. The van der Waals surface area contributed by atoms with Gasteiger partial charge in [-0.05, 0) is 12.1 Å². The van der Waals surface area contributed by atoms with Crippen LogP contribution in [0, 0.1) is 10.1 Å². The largest absolute Gasteiger partial charge is 0.374 e. The predicted octanol–water partition coefficient (Wildman–Crippen LogP) is 0.549. The van der Waals surface area contributed by atoms with E-state index in [1.165, 1.54) is 23.5 Å². The minimum atomic E-state index is -3.71. The molecule has 1 aromatic heterocycles. The van der Waals surface area contributed by atoms with E-state index in [9.17, 15) is 18.5 Å². The van der Waals surface area contributed by atoms with E-state index >= 15 is 0 Å². The minimum Gasteiger partial charge on any atom is -0.374 e. The zero-order valence-corrected chi connectivity index (χ0v) is 12.2. The fourth-order valence-electron chi connectivity index (χ4n) is 1.49. The number of nitrogens with zero attached hydrogens (tertiary/aromatic N) is 3. The van der Waals surface area contributed by atoms with Crippen LogP contribution < -0.4 is 10.5 Å². The van der Waals surface area contributed by atoms with Crippen LogP contribution in [0.1, 0.15) is 5.01 Å². The highest BCUT2D eigenvalue weighted by molar-refractivity contribution is 7.89. The molecule has 21 heavy (non-hydrogen) atoms. The van der Waals surface area contributed by atoms with Gasteiger partial charge in [0, 0.05) is 25.1 Å². The van der Waals surface area contributed by atoms with E-state index in [4.69, 9.17) is 5.73 Å². The van der Waals surface area contributed by atoms with Crippen molar-refractivity contribution in [1.29, 1.82) is 0 Å². The Balaban J connectivity index is 1.99. The maximum absolute atomic E-state index is 12.0. The highest BCUT2D eigenvalue weighted by Gasteiger charge is 2.15. The fraction of sp³-hybridized carbons (Fsp3) is 0.200. The van der Waals surface area contributed by atoms with E-state index in [-0.39, 0.29) is 17.1 Å². The molecule has 0 aliphatic rings. The zero-order valence-electron chi connectivity index (χ0n) is 10.6. The maximum Gasteiger partial charge on any atom is 0.269 e. The number of rotatable bonds is 6. The first-order chi connectivity index (χ1) is 9.88. The maximum atomic E-state index is 12.0. The van der Waals surface area contributed by atoms with E-state index in [2.05, 4.69) is 14.9 Å². The van der Waals surface area contributed by atoms with Gasteiger partial charge in [-0.1, -0.05) is 11.3 Å². The summed E-state index contributed by atoms with van der Waals surface area (Å²) in [5.41, 5.74) is 5.25. The monoisotopic (exact) mass is 329 g/mol. The lowest BCUT2D eigenvalue weighted by molar-refractivity contribution is -0.384. The van der Waals surface area contributed by atoms with E-state index in [0.717, 1.165) is 12.1 Å².